The van der Waals surface area contributed by atoms with Gasteiger partial charge in [-0.1, -0.05) is 42.5 Å². The molecule has 0 unspecified atom stereocenters. The molecule has 1 aliphatic carbocycles. The molecule has 0 aliphatic heterocycles. The van der Waals surface area contributed by atoms with Crippen LogP contribution in [0.5, 0.6) is 0 Å². The van der Waals surface area contributed by atoms with Crippen LogP contribution in [0.3, 0.4) is 0 Å². The lowest BCUT2D eigenvalue weighted by atomic mass is 9.98. The average molecular weight is 341 g/mol. The maximum Gasteiger partial charge on any atom is 0.315 e. The lowest BCUT2D eigenvalue weighted by Crippen LogP contribution is -2.43. The Morgan fingerprint density at radius 1 is 1.04 bits per heavy atom. The molecule has 3 N–H and O–H groups in total. The smallest absolute Gasteiger partial charge is 0.315 e. The number of hydrogen-bond donors (Lipinski definition) is 3. The van der Waals surface area contributed by atoms with Crippen LogP contribution in [0, 0.1) is 5.82 Å². The number of carbonyl (C=O) groups is 2. The molecule has 0 heterocycles. The zero-order valence-electron chi connectivity index (χ0n) is 13.7. The Balaban J connectivity index is 1.67. The predicted molar refractivity (Wildman–Crippen MR) is 92.4 cm³/mol. The van der Waals surface area contributed by atoms with Gasteiger partial charge in [0.05, 0.1) is 12.6 Å². The monoisotopic (exact) mass is 341 g/mol. The molecule has 0 spiro atoms. The maximum atomic E-state index is 13.6. The van der Waals surface area contributed by atoms with Gasteiger partial charge < -0.3 is 16.0 Å². The van der Waals surface area contributed by atoms with Crippen LogP contribution in [0.25, 0.3) is 0 Å². The van der Waals surface area contributed by atoms with Crippen molar-refractivity contribution in [3.05, 3.63) is 71.5 Å². The van der Waals surface area contributed by atoms with Gasteiger partial charge >= 0.3 is 6.03 Å². The van der Waals surface area contributed by atoms with Crippen molar-refractivity contribution in [2.45, 2.75) is 24.9 Å². The molecule has 3 amide bonds. The largest absolute Gasteiger partial charge is 0.344 e. The quantitative estimate of drug-likeness (QED) is 0.755. The van der Waals surface area contributed by atoms with Crippen LogP contribution >= 0.6 is 0 Å². The molecule has 3 rings (SSSR count). The minimum atomic E-state index is -0.488. The van der Waals surface area contributed by atoms with E-state index >= 15 is 0 Å². The van der Waals surface area contributed by atoms with Crippen LogP contribution in [0.2, 0.25) is 0 Å². The van der Waals surface area contributed by atoms with Gasteiger partial charge in [0.15, 0.2) is 0 Å². The number of benzene rings is 2. The predicted octanol–water partition coefficient (Wildman–Crippen LogP) is 2.49. The topological polar surface area (TPSA) is 70.2 Å². The highest BCUT2D eigenvalue weighted by Gasteiger charge is 2.23. The zero-order chi connectivity index (χ0) is 17.6. The van der Waals surface area contributed by atoms with Gasteiger partial charge in [-0.25, -0.2) is 9.18 Å². The zero-order valence-corrected chi connectivity index (χ0v) is 13.7. The van der Waals surface area contributed by atoms with Gasteiger partial charge in [0.2, 0.25) is 5.91 Å². The Labute approximate surface area is 145 Å². The molecule has 2 aromatic carbocycles. The molecule has 130 valence electrons. The van der Waals surface area contributed by atoms with E-state index in [1.807, 2.05) is 30.3 Å². The van der Waals surface area contributed by atoms with E-state index in [1.165, 1.54) is 12.1 Å². The molecule has 0 aromatic heterocycles. The van der Waals surface area contributed by atoms with Crippen LogP contribution in [-0.4, -0.2) is 24.5 Å². The second-order valence-corrected chi connectivity index (χ2v) is 6.07. The van der Waals surface area contributed by atoms with Crippen LogP contribution in [-0.2, 0) is 4.79 Å². The second-order valence-electron chi connectivity index (χ2n) is 6.07. The number of nitrogens with one attached hydrogen (secondary N) is 3. The molecular weight excluding hydrogens is 321 g/mol. The van der Waals surface area contributed by atoms with Gasteiger partial charge in [-0.2, -0.15) is 0 Å². The Morgan fingerprint density at radius 3 is 2.44 bits per heavy atom. The van der Waals surface area contributed by atoms with Gasteiger partial charge in [-0.15, -0.1) is 0 Å². The average Bonchev–Trinajstić information content (AvgIpc) is 3.42. The van der Waals surface area contributed by atoms with Gasteiger partial charge in [0, 0.05) is 6.04 Å². The summed E-state index contributed by atoms with van der Waals surface area (Å²) in [4.78, 5) is 23.9. The highest BCUT2D eigenvalue weighted by Crippen LogP contribution is 2.22. The number of rotatable bonds is 6. The van der Waals surface area contributed by atoms with Gasteiger partial charge in [0.1, 0.15) is 5.82 Å². The summed E-state index contributed by atoms with van der Waals surface area (Å²) in [6.45, 7) is -0.142. The molecule has 0 saturated heterocycles. The first-order chi connectivity index (χ1) is 12.1. The molecule has 0 radical (unpaired) electrons. The standard InChI is InChI=1S/C19H20FN3O2/c20-15-8-4-7-14(11-15)18(13-5-2-1-3-6-13)23-17(24)12-21-19(25)22-16-9-10-16/h1-8,11,16,18H,9-10,12H2,(H,23,24)(H2,21,22,25)/t18-/m1/s1. The highest BCUT2D eigenvalue weighted by atomic mass is 19.1. The van der Waals surface area contributed by atoms with Crippen LogP contribution < -0.4 is 16.0 Å². The summed E-state index contributed by atoms with van der Waals surface area (Å²) in [5.41, 5.74) is 1.48. The number of halogens is 1. The summed E-state index contributed by atoms with van der Waals surface area (Å²) in [5.74, 6) is -0.710. The van der Waals surface area contributed by atoms with Gasteiger partial charge in [-0.05, 0) is 36.1 Å². The number of urea groups is 1. The fourth-order valence-electron chi connectivity index (χ4n) is 2.53. The van der Waals surface area contributed by atoms with Crippen molar-refractivity contribution in [3.63, 3.8) is 0 Å². The third-order valence-corrected chi connectivity index (χ3v) is 3.94. The lowest BCUT2D eigenvalue weighted by molar-refractivity contribution is -0.120. The van der Waals surface area contributed by atoms with Crippen LogP contribution in [0.15, 0.2) is 54.6 Å². The summed E-state index contributed by atoms with van der Waals surface area (Å²) in [5, 5.41) is 8.14. The van der Waals surface area contributed by atoms with E-state index < -0.39 is 6.04 Å². The molecule has 6 heteroatoms. The summed E-state index contributed by atoms with van der Waals surface area (Å²) in [6, 6.07) is 14.8. The van der Waals surface area contributed by atoms with Crippen molar-refractivity contribution in [2.75, 3.05) is 6.54 Å². The van der Waals surface area contributed by atoms with E-state index in [1.54, 1.807) is 12.1 Å². The minimum absolute atomic E-state index is 0.142. The van der Waals surface area contributed by atoms with E-state index in [-0.39, 0.29) is 30.3 Å². The summed E-state index contributed by atoms with van der Waals surface area (Å²) < 4.78 is 13.6. The third-order valence-electron chi connectivity index (χ3n) is 3.94. The summed E-state index contributed by atoms with van der Waals surface area (Å²) in [6.07, 6.45) is 1.96. The molecular formula is C19H20FN3O2. The minimum Gasteiger partial charge on any atom is -0.344 e. The van der Waals surface area contributed by atoms with Crippen LogP contribution in [0.4, 0.5) is 9.18 Å². The number of hydrogen-bond acceptors (Lipinski definition) is 2. The first-order valence-corrected chi connectivity index (χ1v) is 8.26. The second kappa shape index (κ2) is 7.79. The molecule has 1 fully saturated rings. The fourth-order valence-corrected chi connectivity index (χ4v) is 2.53. The summed E-state index contributed by atoms with van der Waals surface area (Å²) >= 11 is 0. The normalized spacial score (nSPS) is 14.4. The first-order valence-electron chi connectivity index (χ1n) is 8.26. The van der Waals surface area contributed by atoms with Gasteiger partial charge in [0.25, 0.3) is 0 Å². The Bertz CT molecular complexity index is 747. The Hall–Kier alpha value is -2.89. The lowest BCUT2D eigenvalue weighted by Gasteiger charge is -2.20. The molecule has 1 aliphatic rings. The van der Waals surface area contributed by atoms with Crippen molar-refractivity contribution in [1.29, 1.82) is 0 Å². The van der Waals surface area contributed by atoms with E-state index in [0.29, 0.717) is 5.56 Å². The first kappa shape index (κ1) is 17.0. The van der Waals surface area contributed by atoms with Gasteiger partial charge in [-0.3, -0.25) is 4.79 Å². The molecule has 2 aromatic rings. The van der Waals surface area contributed by atoms with E-state index in [9.17, 15) is 14.0 Å². The summed E-state index contributed by atoms with van der Waals surface area (Å²) in [7, 11) is 0. The highest BCUT2D eigenvalue weighted by molar-refractivity contribution is 5.84. The van der Waals surface area contributed by atoms with E-state index in [4.69, 9.17) is 0 Å². The Morgan fingerprint density at radius 2 is 1.76 bits per heavy atom. The number of carbonyl (C=O) groups excluding carboxylic acids is 2. The fraction of sp³-hybridized carbons (Fsp3) is 0.263. The molecule has 25 heavy (non-hydrogen) atoms. The third kappa shape index (κ3) is 5.04. The van der Waals surface area contributed by atoms with Crippen molar-refractivity contribution >= 4 is 11.9 Å². The van der Waals surface area contributed by atoms with Crippen molar-refractivity contribution in [2.24, 2.45) is 0 Å². The number of amides is 3. The van der Waals surface area contributed by atoms with Crippen molar-refractivity contribution in [1.82, 2.24) is 16.0 Å². The molecule has 5 nitrogen and oxygen atoms in total. The molecule has 1 saturated carbocycles. The van der Waals surface area contributed by atoms with E-state index in [2.05, 4.69) is 16.0 Å². The van der Waals surface area contributed by atoms with E-state index in [0.717, 1.165) is 18.4 Å². The van der Waals surface area contributed by atoms with Crippen molar-refractivity contribution in [3.8, 4) is 0 Å². The molecule has 1 atom stereocenters. The Kier molecular flexibility index (Phi) is 5.28. The van der Waals surface area contributed by atoms with Crippen molar-refractivity contribution < 1.29 is 14.0 Å². The maximum absolute atomic E-state index is 13.6. The molecule has 0 bridgehead atoms. The van der Waals surface area contributed by atoms with Crippen LogP contribution in [0.1, 0.15) is 30.0 Å². The SMILES string of the molecule is O=C(CNC(=O)NC1CC1)N[C@H](c1ccccc1)c1cccc(F)c1.